The van der Waals surface area contributed by atoms with Crippen LogP contribution >= 0.6 is 0 Å². The number of anilines is 1. The molecule has 0 aliphatic rings. The molecule has 0 amide bonds. The molecule has 0 saturated heterocycles. The molecule has 2 aromatic rings. The van der Waals surface area contributed by atoms with Gasteiger partial charge in [0.2, 0.25) is 0 Å². The van der Waals surface area contributed by atoms with E-state index in [0.29, 0.717) is 11.7 Å². The Morgan fingerprint density at radius 2 is 1.94 bits per heavy atom. The van der Waals surface area contributed by atoms with Gasteiger partial charge in [-0.15, -0.1) is 0 Å². The fourth-order valence-electron chi connectivity index (χ4n) is 1.71. The van der Waals surface area contributed by atoms with E-state index in [4.69, 9.17) is 5.73 Å². The minimum absolute atomic E-state index is 0.313. The summed E-state index contributed by atoms with van der Waals surface area (Å²) in [5, 5.41) is 8.79. The van der Waals surface area contributed by atoms with E-state index in [1.165, 1.54) is 0 Å². The standard InChI is InChI=1S/C11H17N5/c1-7(2)16-6-10(12)11(14-16)9-5-15(4)13-8(9)3/h5-7H,12H2,1-4H3. The van der Waals surface area contributed by atoms with Crippen LogP contribution in [-0.4, -0.2) is 19.6 Å². The third-order valence-electron chi connectivity index (χ3n) is 2.56. The Bertz CT molecular complexity index is 506. The van der Waals surface area contributed by atoms with Crippen molar-refractivity contribution in [1.82, 2.24) is 19.6 Å². The molecule has 2 rings (SSSR count). The van der Waals surface area contributed by atoms with Crippen LogP contribution in [0, 0.1) is 6.92 Å². The van der Waals surface area contributed by atoms with Crippen molar-refractivity contribution in [2.45, 2.75) is 26.8 Å². The Labute approximate surface area is 94.9 Å². The zero-order chi connectivity index (χ0) is 11.9. The van der Waals surface area contributed by atoms with Crippen LogP contribution in [0.3, 0.4) is 0 Å². The minimum atomic E-state index is 0.313. The molecule has 0 spiro atoms. The van der Waals surface area contributed by atoms with E-state index >= 15 is 0 Å². The smallest absolute Gasteiger partial charge is 0.119 e. The molecule has 0 saturated carbocycles. The quantitative estimate of drug-likeness (QED) is 0.837. The third-order valence-corrected chi connectivity index (χ3v) is 2.56. The van der Waals surface area contributed by atoms with Gasteiger partial charge in [-0.25, -0.2) is 0 Å². The van der Waals surface area contributed by atoms with Gasteiger partial charge in [-0.3, -0.25) is 9.36 Å². The molecule has 0 bridgehead atoms. The van der Waals surface area contributed by atoms with Crippen LogP contribution in [0.2, 0.25) is 0 Å². The molecule has 2 N–H and O–H groups in total. The summed E-state index contributed by atoms with van der Waals surface area (Å²) >= 11 is 0. The van der Waals surface area contributed by atoms with Crippen LogP contribution in [0.25, 0.3) is 11.3 Å². The Morgan fingerprint density at radius 3 is 2.38 bits per heavy atom. The van der Waals surface area contributed by atoms with Crippen LogP contribution < -0.4 is 5.73 Å². The Balaban J connectivity index is 2.52. The molecule has 5 heteroatoms. The molecule has 86 valence electrons. The number of aryl methyl sites for hydroxylation is 2. The molecule has 5 nitrogen and oxygen atoms in total. The van der Waals surface area contributed by atoms with Crippen molar-refractivity contribution < 1.29 is 0 Å². The molecule has 0 atom stereocenters. The van der Waals surface area contributed by atoms with Gasteiger partial charge in [0.05, 0.1) is 11.4 Å². The minimum Gasteiger partial charge on any atom is -0.396 e. The summed E-state index contributed by atoms with van der Waals surface area (Å²) in [6.45, 7) is 6.11. The average Bonchev–Trinajstić information content (AvgIpc) is 2.69. The van der Waals surface area contributed by atoms with Gasteiger partial charge < -0.3 is 5.73 Å². The van der Waals surface area contributed by atoms with Crippen LogP contribution in [0.1, 0.15) is 25.6 Å². The zero-order valence-corrected chi connectivity index (χ0v) is 10.1. The highest BCUT2D eigenvalue weighted by Crippen LogP contribution is 2.27. The first kappa shape index (κ1) is 10.7. The predicted molar refractivity (Wildman–Crippen MR) is 64.0 cm³/mol. The zero-order valence-electron chi connectivity index (χ0n) is 10.1. The first-order chi connectivity index (χ1) is 7.49. The van der Waals surface area contributed by atoms with Crippen molar-refractivity contribution in [3.05, 3.63) is 18.1 Å². The summed E-state index contributed by atoms with van der Waals surface area (Å²) in [4.78, 5) is 0. The van der Waals surface area contributed by atoms with Crippen molar-refractivity contribution in [1.29, 1.82) is 0 Å². The molecule has 0 unspecified atom stereocenters. The Kier molecular flexibility index (Phi) is 2.46. The summed E-state index contributed by atoms with van der Waals surface area (Å²) in [7, 11) is 1.89. The third kappa shape index (κ3) is 1.68. The maximum Gasteiger partial charge on any atom is 0.119 e. The van der Waals surface area contributed by atoms with Gasteiger partial charge in [-0.05, 0) is 20.8 Å². The van der Waals surface area contributed by atoms with Gasteiger partial charge in [-0.1, -0.05) is 0 Å². The number of aromatic nitrogens is 4. The van der Waals surface area contributed by atoms with Crippen LogP contribution in [0.15, 0.2) is 12.4 Å². The highest BCUT2D eigenvalue weighted by atomic mass is 15.3. The van der Waals surface area contributed by atoms with Crippen molar-refractivity contribution in [3.8, 4) is 11.3 Å². The molecule has 2 heterocycles. The number of nitrogens with zero attached hydrogens (tertiary/aromatic N) is 4. The second-order valence-corrected chi connectivity index (χ2v) is 4.31. The molecular weight excluding hydrogens is 202 g/mol. The highest BCUT2D eigenvalue weighted by Gasteiger charge is 2.14. The van der Waals surface area contributed by atoms with Gasteiger partial charge in [-0.2, -0.15) is 10.2 Å². The predicted octanol–water partition coefficient (Wildman–Crippen LogP) is 1.76. The summed E-state index contributed by atoms with van der Waals surface area (Å²) in [6, 6.07) is 0.313. The fraction of sp³-hybridized carbons (Fsp3) is 0.455. The first-order valence-electron chi connectivity index (χ1n) is 5.34. The van der Waals surface area contributed by atoms with Crippen molar-refractivity contribution in [2.75, 3.05) is 5.73 Å². The Morgan fingerprint density at radius 1 is 1.25 bits per heavy atom. The molecular formula is C11H17N5. The van der Waals surface area contributed by atoms with Crippen molar-refractivity contribution >= 4 is 5.69 Å². The lowest BCUT2D eigenvalue weighted by Crippen LogP contribution is -2.00. The molecule has 0 aromatic carbocycles. The van der Waals surface area contributed by atoms with Crippen molar-refractivity contribution in [3.63, 3.8) is 0 Å². The van der Waals surface area contributed by atoms with E-state index in [2.05, 4.69) is 24.0 Å². The normalized spacial score (nSPS) is 11.3. The lowest BCUT2D eigenvalue weighted by atomic mass is 10.2. The van der Waals surface area contributed by atoms with Crippen LogP contribution in [0.4, 0.5) is 5.69 Å². The highest BCUT2D eigenvalue weighted by molar-refractivity contribution is 5.73. The van der Waals surface area contributed by atoms with Crippen LogP contribution in [-0.2, 0) is 7.05 Å². The first-order valence-corrected chi connectivity index (χ1v) is 5.34. The topological polar surface area (TPSA) is 61.7 Å². The van der Waals surface area contributed by atoms with E-state index in [0.717, 1.165) is 17.0 Å². The van der Waals surface area contributed by atoms with Gasteiger partial charge >= 0.3 is 0 Å². The van der Waals surface area contributed by atoms with Gasteiger partial charge in [0.25, 0.3) is 0 Å². The van der Waals surface area contributed by atoms with E-state index in [9.17, 15) is 0 Å². The molecule has 0 aliphatic carbocycles. The number of rotatable bonds is 2. The molecule has 2 aromatic heterocycles. The lowest BCUT2D eigenvalue weighted by Gasteiger charge is -2.02. The number of hydrogen-bond donors (Lipinski definition) is 1. The number of hydrogen-bond acceptors (Lipinski definition) is 3. The maximum absolute atomic E-state index is 5.97. The monoisotopic (exact) mass is 219 g/mol. The number of nitrogens with two attached hydrogens (primary N) is 1. The molecule has 0 fully saturated rings. The second kappa shape index (κ2) is 3.66. The molecule has 16 heavy (non-hydrogen) atoms. The summed E-state index contributed by atoms with van der Waals surface area (Å²) in [5.41, 5.74) is 9.43. The largest absolute Gasteiger partial charge is 0.396 e. The lowest BCUT2D eigenvalue weighted by molar-refractivity contribution is 0.534. The van der Waals surface area contributed by atoms with Crippen molar-refractivity contribution in [2.24, 2.45) is 7.05 Å². The van der Waals surface area contributed by atoms with E-state index in [-0.39, 0.29) is 0 Å². The summed E-state index contributed by atoms with van der Waals surface area (Å²) < 4.78 is 3.65. The van der Waals surface area contributed by atoms with E-state index in [1.54, 1.807) is 4.68 Å². The van der Waals surface area contributed by atoms with Gasteiger partial charge in [0.15, 0.2) is 0 Å². The molecule has 0 aliphatic heterocycles. The number of nitrogen functional groups attached to an aromatic ring is 1. The average molecular weight is 219 g/mol. The molecule has 0 radical (unpaired) electrons. The summed E-state index contributed by atoms with van der Waals surface area (Å²) in [5.74, 6) is 0. The van der Waals surface area contributed by atoms with E-state index in [1.807, 2.05) is 31.0 Å². The second-order valence-electron chi connectivity index (χ2n) is 4.31. The SMILES string of the molecule is Cc1nn(C)cc1-c1nn(C(C)C)cc1N. The van der Waals surface area contributed by atoms with Crippen LogP contribution in [0.5, 0.6) is 0 Å². The fourth-order valence-corrected chi connectivity index (χ4v) is 1.71. The van der Waals surface area contributed by atoms with Gasteiger partial charge in [0.1, 0.15) is 5.69 Å². The van der Waals surface area contributed by atoms with E-state index < -0.39 is 0 Å². The summed E-state index contributed by atoms with van der Waals surface area (Å²) in [6.07, 6.45) is 3.81. The Hall–Kier alpha value is -1.78. The van der Waals surface area contributed by atoms with Gasteiger partial charge in [0, 0.05) is 31.0 Å². The maximum atomic E-state index is 5.97.